The maximum atomic E-state index is 12.4. The average molecular weight is 346 g/mol. The van der Waals surface area contributed by atoms with Gasteiger partial charge in [-0.05, 0) is 36.8 Å². The molecule has 3 N–H and O–H groups in total. The van der Waals surface area contributed by atoms with Crippen LogP contribution in [0.25, 0.3) is 5.69 Å². The molecular formula is C15H14N4O4S. The Morgan fingerprint density at radius 3 is 2.75 bits per heavy atom. The minimum Gasteiger partial charge on any atom is -0.477 e. The molecule has 0 radical (unpaired) electrons. The molecule has 0 saturated carbocycles. The second-order valence-electron chi connectivity index (χ2n) is 5.11. The molecule has 0 aliphatic heterocycles. The van der Waals surface area contributed by atoms with Crippen molar-refractivity contribution in [2.24, 2.45) is 0 Å². The van der Waals surface area contributed by atoms with E-state index in [1.807, 2.05) is 6.07 Å². The van der Waals surface area contributed by atoms with Gasteiger partial charge in [0.25, 0.3) is 10.0 Å². The number of carbonyl (C=O) groups is 1. The first-order valence-corrected chi connectivity index (χ1v) is 8.40. The molecule has 0 saturated heterocycles. The van der Waals surface area contributed by atoms with Crippen LogP contribution in [0.15, 0.2) is 53.8 Å². The lowest BCUT2D eigenvalue weighted by Crippen LogP contribution is -2.13. The lowest BCUT2D eigenvalue weighted by Gasteiger charge is -2.11. The topological polar surface area (TPSA) is 117 Å². The zero-order valence-electron chi connectivity index (χ0n) is 12.6. The lowest BCUT2D eigenvalue weighted by molar-refractivity contribution is 0.0691. The Morgan fingerprint density at radius 2 is 2.12 bits per heavy atom. The van der Waals surface area contributed by atoms with Crippen LogP contribution in [0.4, 0.5) is 5.69 Å². The van der Waals surface area contributed by atoms with Crippen molar-refractivity contribution in [2.75, 3.05) is 4.72 Å². The van der Waals surface area contributed by atoms with Crippen LogP contribution in [0.3, 0.4) is 0 Å². The van der Waals surface area contributed by atoms with Crippen molar-refractivity contribution in [3.8, 4) is 5.69 Å². The van der Waals surface area contributed by atoms with E-state index in [9.17, 15) is 13.2 Å². The molecule has 124 valence electrons. The molecule has 0 spiro atoms. The molecule has 3 rings (SSSR count). The number of rotatable bonds is 5. The molecule has 24 heavy (non-hydrogen) atoms. The average Bonchev–Trinajstić information content (AvgIpc) is 3.21. The standard InChI is InChI=1S/C15H14N4O4S/c1-10-3-4-11(19-6-2-5-17-19)7-13(10)18-24(22,23)12-8-14(15(20)21)16-9-12/h2-9,16,18H,1H3,(H,20,21). The van der Waals surface area contributed by atoms with E-state index in [0.29, 0.717) is 11.4 Å². The van der Waals surface area contributed by atoms with E-state index in [2.05, 4.69) is 14.8 Å². The molecule has 0 aliphatic carbocycles. The minimum atomic E-state index is -3.91. The van der Waals surface area contributed by atoms with E-state index in [1.54, 1.807) is 42.2 Å². The van der Waals surface area contributed by atoms with Crippen LogP contribution >= 0.6 is 0 Å². The summed E-state index contributed by atoms with van der Waals surface area (Å²) in [6.45, 7) is 1.77. The maximum absolute atomic E-state index is 12.4. The highest BCUT2D eigenvalue weighted by molar-refractivity contribution is 7.92. The van der Waals surface area contributed by atoms with Crippen LogP contribution in [-0.2, 0) is 10.0 Å². The first-order chi connectivity index (χ1) is 11.4. The third-order valence-corrected chi connectivity index (χ3v) is 4.78. The van der Waals surface area contributed by atoms with Crippen LogP contribution in [0, 0.1) is 6.92 Å². The predicted octanol–water partition coefficient (Wildman–Crippen LogP) is 2.01. The van der Waals surface area contributed by atoms with E-state index in [-0.39, 0.29) is 10.6 Å². The number of nitrogens with one attached hydrogen (secondary N) is 2. The minimum absolute atomic E-state index is 0.149. The SMILES string of the molecule is Cc1ccc(-n2cccn2)cc1NS(=O)(=O)c1c[nH]c(C(=O)O)c1. The third-order valence-electron chi connectivity index (χ3n) is 3.43. The molecule has 0 bridgehead atoms. The molecule has 8 nitrogen and oxygen atoms in total. The number of carboxylic acids is 1. The molecule has 3 aromatic rings. The number of aromatic nitrogens is 3. The van der Waals surface area contributed by atoms with Gasteiger partial charge in [-0.15, -0.1) is 0 Å². The zero-order chi connectivity index (χ0) is 17.3. The summed E-state index contributed by atoms with van der Waals surface area (Å²) in [4.78, 5) is 13.1. The molecule has 0 atom stereocenters. The molecule has 0 amide bonds. The summed E-state index contributed by atoms with van der Waals surface area (Å²) in [7, 11) is -3.91. The molecule has 9 heteroatoms. The van der Waals surface area contributed by atoms with Gasteiger partial charge in [0.2, 0.25) is 0 Å². The Balaban J connectivity index is 1.94. The van der Waals surface area contributed by atoms with Gasteiger partial charge in [-0.2, -0.15) is 5.10 Å². The number of aryl methyl sites for hydroxylation is 1. The molecule has 0 unspecified atom stereocenters. The van der Waals surface area contributed by atoms with Crippen molar-refractivity contribution in [1.29, 1.82) is 0 Å². The number of H-pyrrole nitrogens is 1. The van der Waals surface area contributed by atoms with Gasteiger partial charge in [0, 0.05) is 18.6 Å². The number of sulfonamides is 1. The van der Waals surface area contributed by atoms with E-state index >= 15 is 0 Å². The highest BCUT2D eigenvalue weighted by Gasteiger charge is 2.19. The van der Waals surface area contributed by atoms with Gasteiger partial charge in [0.15, 0.2) is 0 Å². The largest absolute Gasteiger partial charge is 0.477 e. The smallest absolute Gasteiger partial charge is 0.352 e. The molecule has 2 aromatic heterocycles. The van der Waals surface area contributed by atoms with Gasteiger partial charge in [0.05, 0.1) is 11.4 Å². The fourth-order valence-electron chi connectivity index (χ4n) is 2.14. The highest BCUT2D eigenvalue weighted by atomic mass is 32.2. The molecule has 0 aliphatic rings. The van der Waals surface area contributed by atoms with Crippen LogP contribution in [0.1, 0.15) is 16.1 Å². The number of carboxylic acid groups (broad SMARTS) is 1. The number of benzene rings is 1. The maximum Gasteiger partial charge on any atom is 0.352 e. The Morgan fingerprint density at radius 1 is 1.33 bits per heavy atom. The van der Waals surface area contributed by atoms with Crippen molar-refractivity contribution < 1.29 is 18.3 Å². The number of nitrogens with zero attached hydrogens (tertiary/aromatic N) is 2. The van der Waals surface area contributed by atoms with Gasteiger partial charge >= 0.3 is 5.97 Å². The Bertz CT molecular complexity index is 990. The van der Waals surface area contributed by atoms with Gasteiger partial charge in [-0.3, -0.25) is 4.72 Å². The first-order valence-electron chi connectivity index (χ1n) is 6.92. The molecule has 2 heterocycles. The number of hydrogen-bond acceptors (Lipinski definition) is 4. The highest BCUT2D eigenvalue weighted by Crippen LogP contribution is 2.23. The fourth-order valence-corrected chi connectivity index (χ4v) is 3.26. The third kappa shape index (κ3) is 3.01. The van der Waals surface area contributed by atoms with Crippen LogP contribution in [0.5, 0.6) is 0 Å². The van der Waals surface area contributed by atoms with Crippen molar-refractivity contribution in [1.82, 2.24) is 14.8 Å². The summed E-state index contributed by atoms with van der Waals surface area (Å²) in [5.74, 6) is -1.23. The zero-order valence-corrected chi connectivity index (χ0v) is 13.4. The van der Waals surface area contributed by atoms with Gasteiger partial charge in [-0.25, -0.2) is 17.9 Å². The fraction of sp³-hybridized carbons (Fsp3) is 0.0667. The summed E-state index contributed by atoms with van der Waals surface area (Å²) >= 11 is 0. The van der Waals surface area contributed by atoms with E-state index < -0.39 is 16.0 Å². The monoisotopic (exact) mass is 346 g/mol. The van der Waals surface area contributed by atoms with E-state index in [1.165, 1.54) is 0 Å². The van der Waals surface area contributed by atoms with E-state index in [0.717, 1.165) is 17.8 Å². The number of aromatic amines is 1. The summed E-state index contributed by atoms with van der Waals surface area (Å²) in [6.07, 6.45) is 4.50. The number of aromatic carboxylic acids is 1. The van der Waals surface area contributed by atoms with Crippen molar-refractivity contribution in [3.63, 3.8) is 0 Å². The lowest BCUT2D eigenvalue weighted by atomic mass is 10.2. The number of hydrogen-bond donors (Lipinski definition) is 3. The summed E-state index contributed by atoms with van der Waals surface area (Å²) in [5.41, 5.74) is 1.62. The Labute approximate surface area is 137 Å². The summed E-state index contributed by atoms with van der Waals surface area (Å²) in [5, 5.41) is 13.0. The quantitative estimate of drug-likeness (QED) is 0.653. The van der Waals surface area contributed by atoms with Gasteiger partial charge in [0.1, 0.15) is 10.6 Å². The Kier molecular flexibility index (Phi) is 3.86. The molecular weight excluding hydrogens is 332 g/mol. The Hall–Kier alpha value is -3.07. The van der Waals surface area contributed by atoms with Crippen molar-refractivity contribution in [2.45, 2.75) is 11.8 Å². The summed E-state index contributed by atoms with van der Waals surface area (Å²) in [6, 6.07) is 8.08. The van der Waals surface area contributed by atoms with Gasteiger partial charge in [-0.1, -0.05) is 6.07 Å². The van der Waals surface area contributed by atoms with Crippen LogP contribution in [-0.4, -0.2) is 34.3 Å². The van der Waals surface area contributed by atoms with Crippen LogP contribution < -0.4 is 4.72 Å². The van der Waals surface area contributed by atoms with E-state index in [4.69, 9.17) is 5.11 Å². The van der Waals surface area contributed by atoms with Crippen LogP contribution in [0.2, 0.25) is 0 Å². The summed E-state index contributed by atoms with van der Waals surface area (Å²) < 4.78 is 29.0. The van der Waals surface area contributed by atoms with Crippen molar-refractivity contribution >= 4 is 21.7 Å². The predicted molar refractivity (Wildman–Crippen MR) is 86.9 cm³/mol. The number of anilines is 1. The van der Waals surface area contributed by atoms with Gasteiger partial charge < -0.3 is 10.1 Å². The molecule has 0 fully saturated rings. The normalized spacial score (nSPS) is 11.4. The second kappa shape index (κ2) is 5.85. The second-order valence-corrected chi connectivity index (χ2v) is 6.79. The molecule has 1 aromatic carbocycles. The first kappa shape index (κ1) is 15.8. The van der Waals surface area contributed by atoms with Crippen molar-refractivity contribution in [3.05, 3.63) is 60.2 Å².